The maximum absolute atomic E-state index is 12.2. The highest BCUT2D eigenvalue weighted by atomic mass is 16.4. The molecule has 2 aliphatic rings. The molecule has 0 aromatic heterocycles. The van der Waals surface area contributed by atoms with Crippen LogP contribution in [-0.2, 0) is 0 Å². The summed E-state index contributed by atoms with van der Waals surface area (Å²) in [6, 6.07) is 6.61. The van der Waals surface area contributed by atoms with Gasteiger partial charge in [0.2, 0.25) is 0 Å². The molecule has 2 bridgehead atoms. The van der Waals surface area contributed by atoms with Crippen molar-refractivity contribution in [2.24, 2.45) is 11.8 Å². The third-order valence-corrected chi connectivity index (χ3v) is 4.46. The molecule has 19 heavy (non-hydrogen) atoms. The number of hydrogen-bond acceptors (Lipinski definition) is 2. The number of hydrogen-bond donors (Lipinski definition) is 2. The molecule has 2 aliphatic carbocycles. The van der Waals surface area contributed by atoms with Gasteiger partial charge in [0.1, 0.15) is 0 Å². The minimum absolute atomic E-state index is 0.0724. The highest BCUT2D eigenvalue weighted by Gasteiger charge is 2.40. The maximum Gasteiger partial charge on any atom is 0.336 e. The summed E-state index contributed by atoms with van der Waals surface area (Å²) in [5.74, 6) is 0.0326. The number of amides is 1. The van der Waals surface area contributed by atoms with Gasteiger partial charge in [-0.15, -0.1) is 0 Å². The summed E-state index contributed by atoms with van der Waals surface area (Å²) >= 11 is 0. The first-order valence-corrected chi connectivity index (χ1v) is 6.78. The number of carboxylic acids is 1. The van der Waals surface area contributed by atoms with E-state index in [0.29, 0.717) is 5.92 Å². The van der Waals surface area contributed by atoms with Gasteiger partial charge in [-0.3, -0.25) is 4.79 Å². The van der Waals surface area contributed by atoms with E-state index in [1.165, 1.54) is 25.3 Å². The van der Waals surface area contributed by atoms with Crippen molar-refractivity contribution in [2.45, 2.75) is 31.7 Å². The number of carbonyl (C=O) groups is 2. The molecule has 2 N–H and O–H groups in total. The van der Waals surface area contributed by atoms with Crippen LogP contribution in [-0.4, -0.2) is 23.0 Å². The van der Waals surface area contributed by atoms with E-state index < -0.39 is 5.97 Å². The standard InChI is InChI=1S/C15H17NO3/c17-14(11-3-1-2-4-12(11)15(18)19)16-13-8-9-5-6-10(13)7-9/h1-4,9-10,13H,5-8H2,(H,16,17)(H,18,19)/t9-,10-,13+/m0/s1. The Hall–Kier alpha value is -1.84. The first kappa shape index (κ1) is 12.2. The van der Waals surface area contributed by atoms with Crippen LogP contribution in [0.1, 0.15) is 46.4 Å². The molecule has 100 valence electrons. The van der Waals surface area contributed by atoms with Crippen LogP contribution in [0.2, 0.25) is 0 Å². The van der Waals surface area contributed by atoms with Crippen LogP contribution in [0.25, 0.3) is 0 Å². The van der Waals surface area contributed by atoms with Gasteiger partial charge in [0, 0.05) is 6.04 Å². The molecule has 4 heteroatoms. The summed E-state index contributed by atoms with van der Waals surface area (Å²) in [7, 11) is 0. The Labute approximate surface area is 111 Å². The third-order valence-electron chi connectivity index (χ3n) is 4.46. The van der Waals surface area contributed by atoms with Gasteiger partial charge in [0.05, 0.1) is 11.1 Å². The van der Waals surface area contributed by atoms with Crippen molar-refractivity contribution < 1.29 is 14.7 Å². The minimum atomic E-state index is -1.06. The van der Waals surface area contributed by atoms with Crippen molar-refractivity contribution in [1.29, 1.82) is 0 Å². The van der Waals surface area contributed by atoms with E-state index in [1.807, 2.05) is 0 Å². The second kappa shape index (κ2) is 4.68. The predicted octanol–water partition coefficient (Wildman–Crippen LogP) is 2.30. The lowest BCUT2D eigenvalue weighted by Crippen LogP contribution is -2.39. The molecule has 2 saturated carbocycles. The average Bonchev–Trinajstić information content (AvgIpc) is 3.01. The minimum Gasteiger partial charge on any atom is -0.478 e. The average molecular weight is 259 g/mol. The van der Waals surface area contributed by atoms with E-state index in [0.717, 1.165) is 12.3 Å². The van der Waals surface area contributed by atoms with Gasteiger partial charge in [-0.1, -0.05) is 18.6 Å². The monoisotopic (exact) mass is 259 g/mol. The van der Waals surface area contributed by atoms with E-state index in [4.69, 9.17) is 5.11 Å². The second-order valence-electron chi connectivity index (χ2n) is 5.61. The molecule has 0 saturated heterocycles. The smallest absolute Gasteiger partial charge is 0.336 e. The Morgan fingerprint density at radius 3 is 2.42 bits per heavy atom. The van der Waals surface area contributed by atoms with Gasteiger partial charge in [-0.2, -0.15) is 0 Å². The number of carbonyl (C=O) groups excluding carboxylic acids is 1. The number of rotatable bonds is 3. The Morgan fingerprint density at radius 1 is 1.11 bits per heavy atom. The zero-order valence-corrected chi connectivity index (χ0v) is 10.6. The van der Waals surface area contributed by atoms with Crippen molar-refractivity contribution >= 4 is 11.9 Å². The van der Waals surface area contributed by atoms with Crippen molar-refractivity contribution in [2.75, 3.05) is 0 Å². The SMILES string of the molecule is O=C(O)c1ccccc1C(=O)N[C@@H]1C[C@H]2CC[C@H]1C2. The van der Waals surface area contributed by atoms with Crippen molar-refractivity contribution in [3.63, 3.8) is 0 Å². The summed E-state index contributed by atoms with van der Waals surface area (Å²) in [5, 5.41) is 12.1. The van der Waals surface area contributed by atoms with Crippen molar-refractivity contribution in [3.05, 3.63) is 35.4 Å². The van der Waals surface area contributed by atoms with Crippen molar-refractivity contribution in [1.82, 2.24) is 5.32 Å². The number of benzene rings is 1. The van der Waals surface area contributed by atoms with Crippen LogP contribution < -0.4 is 5.32 Å². The molecule has 0 radical (unpaired) electrons. The molecule has 3 rings (SSSR count). The molecule has 0 aliphatic heterocycles. The van der Waals surface area contributed by atoms with Crippen molar-refractivity contribution in [3.8, 4) is 0 Å². The fraction of sp³-hybridized carbons (Fsp3) is 0.467. The summed E-state index contributed by atoms with van der Waals surface area (Å²) in [5.41, 5.74) is 0.334. The molecule has 2 fully saturated rings. The fourth-order valence-electron chi connectivity index (χ4n) is 3.54. The summed E-state index contributed by atoms with van der Waals surface area (Å²) in [4.78, 5) is 23.3. The first-order valence-electron chi connectivity index (χ1n) is 6.78. The molecule has 3 atom stereocenters. The highest BCUT2D eigenvalue weighted by Crippen LogP contribution is 2.44. The topological polar surface area (TPSA) is 66.4 Å². The first-order chi connectivity index (χ1) is 9.15. The Balaban J connectivity index is 1.76. The number of aromatic carboxylic acids is 1. The fourth-order valence-corrected chi connectivity index (χ4v) is 3.54. The van der Waals surface area contributed by atoms with Crippen LogP contribution in [0, 0.1) is 11.8 Å². The predicted molar refractivity (Wildman–Crippen MR) is 70.1 cm³/mol. The van der Waals surface area contributed by atoms with E-state index in [9.17, 15) is 9.59 Å². The lowest BCUT2D eigenvalue weighted by atomic mass is 9.95. The lowest BCUT2D eigenvalue weighted by molar-refractivity contribution is 0.0690. The van der Waals surface area contributed by atoms with Crippen LogP contribution in [0.3, 0.4) is 0 Å². The number of carboxylic acid groups (broad SMARTS) is 1. The van der Waals surface area contributed by atoms with E-state index in [-0.39, 0.29) is 23.1 Å². The van der Waals surface area contributed by atoms with Crippen LogP contribution in [0.5, 0.6) is 0 Å². The van der Waals surface area contributed by atoms with E-state index >= 15 is 0 Å². The molecular formula is C15H17NO3. The third kappa shape index (κ3) is 2.23. The molecular weight excluding hydrogens is 242 g/mol. The normalized spacial score (nSPS) is 28.3. The zero-order valence-electron chi connectivity index (χ0n) is 10.6. The summed E-state index contributed by atoms with van der Waals surface area (Å²) in [6.45, 7) is 0. The lowest BCUT2D eigenvalue weighted by Gasteiger charge is -2.23. The van der Waals surface area contributed by atoms with E-state index in [1.54, 1.807) is 18.2 Å². The second-order valence-corrected chi connectivity index (χ2v) is 5.61. The Kier molecular flexibility index (Phi) is 3.01. The molecule has 0 spiro atoms. The van der Waals surface area contributed by atoms with Gasteiger partial charge >= 0.3 is 5.97 Å². The number of nitrogens with one attached hydrogen (secondary N) is 1. The Morgan fingerprint density at radius 2 is 1.84 bits per heavy atom. The molecule has 4 nitrogen and oxygen atoms in total. The molecule has 1 aromatic carbocycles. The molecule has 1 amide bonds. The quantitative estimate of drug-likeness (QED) is 0.875. The zero-order chi connectivity index (χ0) is 13.4. The molecule has 0 heterocycles. The summed E-state index contributed by atoms with van der Waals surface area (Å²) in [6.07, 6.45) is 4.73. The van der Waals surface area contributed by atoms with Crippen LogP contribution >= 0.6 is 0 Å². The highest BCUT2D eigenvalue weighted by molar-refractivity contribution is 6.04. The van der Waals surface area contributed by atoms with Gasteiger partial charge in [0.15, 0.2) is 0 Å². The van der Waals surface area contributed by atoms with Gasteiger partial charge < -0.3 is 10.4 Å². The van der Waals surface area contributed by atoms with Crippen LogP contribution in [0.4, 0.5) is 0 Å². The van der Waals surface area contributed by atoms with Gasteiger partial charge in [0.25, 0.3) is 5.91 Å². The maximum atomic E-state index is 12.2. The van der Waals surface area contributed by atoms with Gasteiger partial charge in [-0.05, 0) is 43.2 Å². The molecule has 0 unspecified atom stereocenters. The molecule has 1 aromatic rings. The van der Waals surface area contributed by atoms with E-state index in [2.05, 4.69) is 5.32 Å². The summed E-state index contributed by atoms with van der Waals surface area (Å²) < 4.78 is 0. The van der Waals surface area contributed by atoms with Crippen LogP contribution in [0.15, 0.2) is 24.3 Å². The number of fused-ring (bicyclic) bond motifs is 2. The largest absolute Gasteiger partial charge is 0.478 e. The Bertz CT molecular complexity index is 526. The van der Waals surface area contributed by atoms with Gasteiger partial charge in [-0.25, -0.2) is 4.79 Å².